The predicted octanol–water partition coefficient (Wildman–Crippen LogP) is -1.98. The Bertz CT molecular complexity index is 2370. The van der Waals surface area contributed by atoms with Crippen LogP contribution < -0.4 is 0 Å². The summed E-state index contributed by atoms with van der Waals surface area (Å²) in [5, 5.41) is 165. The lowest BCUT2D eigenvalue weighted by Crippen LogP contribution is -2.68. The molecule has 5 heterocycles. The van der Waals surface area contributed by atoms with Gasteiger partial charge in [-0.3, -0.25) is 4.79 Å². The Balaban J connectivity index is 1.01. The number of carboxylic acids is 1. The van der Waals surface area contributed by atoms with Crippen LogP contribution in [-0.4, -0.2) is 263 Å². The number of ether oxygens (including phenoxy) is 10. The molecule has 0 aromatic heterocycles. The van der Waals surface area contributed by atoms with Crippen LogP contribution in [0.4, 0.5) is 0 Å². The number of hydrogen-bond donors (Lipinski definition) is 15. The van der Waals surface area contributed by atoms with E-state index in [0.29, 0.717) is 38.5 Å². The molecule has 10 rings (SSSR count). The molecule has 15 N–H and O–H groups in total. The quantitative estimate of drug-likeness (QED) is 0.0662. The summed E-state index contributed by atoms with van der Waals surface area (Å²) >= 11 is 0. The van der Waals surface area contributed by atoms with E-state index in [1.807, 2.05) is 6.92 Å². The van der Waals surface area contributed by atoms with Crippen LogP contribution in [0.25, 0.3) is 0 Å². The van der Waals surface area contributed by atoms with Gasteiger partial charge in [-0.25, -0.2) is 0 Å². The van der Waals surface area contributed by atoms with E-state index < -0.39 is 196 Å². The van der Waals surface area contributed by atoms with Gasteiger partial charge in [0.25, 0.3) is 0 Å². The minimum absolute atomic E-state index is 0.0228. The van der Waals surface area contributed by atoms with Gasteiger partial charge in [0.05, 0.1) is 50.2 Å². The van der Waals surface area contributed by atoms with Gasteiger partial charge in [-0.1, -0.05) is 53.2 Å². The van der Waals surface area contributed by atoms with E-state index in [-0.39, 0.29) is 40.6 Å². The van der Waals surface area contributed by atoms with Gasteiger partial charge in [-0.2, -0.15) is 0 Å². The molecule has 4 saturated carbocycles. The highest BCUT2D eigenvalue weighted by Gasteiger charge is 2.71. The van der Waals surface area contributed by atoms with Gasteiger partial charge in [0, 0.05) is 5.41 Å². The maximum atomic E-state index is 13.4. The van der Waals surface area contributed by atoms with Crippen molar-refractivity contribution in [2.45, 2.75) is 273 Å². The molecular formula is C59H96O26. The highest BCUT2D eigenvalue weighted by molar-refractivity contribution is 5.76. The fraction of sp³-hybridized carbons (Fsp3) is 0.949. The zero-order valence-corrected chi connectivity index (χ0v) is 49.8. The van der Waals surface area contributed by atoms with E-state index in [1.165, 1.54) is 19.4 Å². The Kier molecular flexibility index (Phi) is 19.0. The molecule has 85 heavy (non-hydrogen) atoms. The molecule has 0 aromatic rings. The third-order valence-electron chi connectivity index (χ3n) is 23.3. The standard InChI is InChI=1S/C59H96O26/c1-24-34(63)38(67)42(71)48(77-24)84-46-41(70)35(64)25(2)78-52(46)85-47-45(83-50-44(73)40(69)37(66)29(21-61)80-50)30(81-49-43(72)39(68)36(65)28(20-60)79-49)22-76-51(47)82-33-12-13-55(5)31(56(33,6)23-62)11-14-58(8)32(55)10-9-26-27-19-54(3,4)15-17-59(27,53(74)75)18-16-57(26,58)7/h9,24-25,27-52,60-73H,10-23H2,1-8H3,(H,74,75). The number of carboxylic acid groups (broad SMARTS) is 1. The molecule has 33 unspecified atom stereocenters. The van der Waals surface area contributed by atoms with Crippen LogP contribution in [0, 0.1) is 50.2 Å². The van der Waals surface area contributed by atoms with Gasteiger partial charge in [0.1, 0.15) is 104 Å². The second-order valence-electron chi connectivity index (χ2n) is 28.4. The van der Waals surface area contributed by atoms with Crippen molar-refractivity contribution in [3.63, 3.8) is 0 Å². The van der Waals surface area contributed by atoms with E-state index in [2.05, 4.69) is 40.7 Å². The third kappa shape index (κ3) is 11.0. The largest absolute Gasteiger partial charge is 0.481 e. The SMILES string of the molecule is CC1OC(OC2C(OC3C(OC4CCC5(C)C(CCC6(C)C5CC=C5C7CC(C)(C)CCC7(C(=O)O)CCC56C)C4(C)CO)OCC(OC4OC(CO)C(O)C(O)C4O)C3OC3OC(CO)C(O)C(O)C3O)OC(C)C(O)C2O)C(O)C(O)C1O. The normalized spacial score (nSPS) is 55.3. The van der Waals surface area contributed by atoms with Gasteiger partial charge in [0.15, 0.2) is 31.5 Å². The summed E-state index contributed by atoms with van der Waals surface area (Å²) in [6.45, 7) is 13.6. The van der Waals surface area contributed by atoms with E-state index in [0.717, 1.165) is 25.7 Å². The van der Waals surface area contributed by atoms with E-state index in [4.69, 9.17) is 47.4 Å². The van der Waals surface area contributed by atoms with Gasteiger partial charge < -0.3 is 124 Å². The first kappa shape index (κ1) is 66.2. The number of aliphatic hydroxyl groups is 14. The Morgan fingerprint density at radius 2 is 1.07 bits per heavy atom. The number of hydrogen-bond acceptors (Lipinski definition) is 25. The molecule has 26 nitrogen and oxygen atoms in total. The van der Waals surface area contributed by atoms with Crippen molar-refractivity contribution in [2.24, 2.45) is 50.2 Å². The molecule has 5 saturated heterocycles. The fourth-order valence-corrected chi connectivity index (χ4v) is 17.7. The Morgan fingerprint density at radius 1 is 0.541 bits per heavy atom. The van der Waals surface area contributed by atoms with Gasteiger partial charge >= 0.3 is 5.97 Å². The molecule has 33 atom stereocenters. The fourth-order valence-electron chi connectivity index (χ4n) is 17.7. The van der Waals surface area contributed by atoms with Crippen molar-refractivity contribution in [3.8, 4) is 0 Å². The maximum Gasteiger partial charge on any atom is 0.310 e. The number of fused-ring (bicyclic) bond motifs is 7. The van der Waals surface area contributed by atoms with Crippen molar-refractivity contribution in [3.05, 3.63) is 11.6 Å². The molecule has 0 radical (unpaired) electrons. The Morgan fingerprint density at radius 3 is 1.66 bits per heavy atom. The van der Waals surface area contributed by atoms with E-state index >= 15 is 0 Å². The molecular weight excluding hydrogens is 1120 g/mol. The molecule has 0 spiro atoms. The minimum Gasteiger partial charge on any atom is -0.481 e. The van der Waals surface area contributed by atoms with Crippen LogP contribution >= 0.6 is 0 Å². The van der Waals surface area contributed by atoms with Crippen molar-refractivity contribution in [1.82, 2.24) is 0 Å². The monoisotopic (exact) mass is 1220 g/mol. The molecule has 0 aromatic carbocycles. The summed E-state index contributed by atoms with van der Waals surface area (Å²) in [7, 11) is 0. The van der Waals surface area contributed by atoms with E-state index in [1.54, 1.807) is 0 Å². The molecule has 0 bridgehead atoms. The topological polar surface area (TPSA) is 413 Å². The van der Waals surface area contributed by atoms with Crippen LogP contribution in [0.5, 0.6) is 0 Å². The lowest BCUT2D eigenvalue weighted by atomic mass is 9.33. The first-order chi connectivity index (χ1) is 39.9. The van der Waals surface area contributed by atoms with Gasteiger partial charge in [0.2, 0.25) is 0 Å². The first-order valence-corrected chi connectivity index (χ1v) is 30.6. The Labute approximate surface area is 494 Å². The van der Waals surface area contributed by atoms with Crippen molar-refractivity contribution in [2.75, 3.05) is 26.4 Å². The van der Waals surface area contributed by atoms with Crippen LogP contribution in [0.3, 0.4) is 0 Å². The highest BCUT2D eigenvalue weighted by Crippen LogP contribution is 2.76. The Hall–Kier alpha value is -1.75. The highest BCUT2D eigenvalue weighted by atomic mass is 16.8. The average molecular weight is 1220 g/mol. The molecule has 0 amide bonds. The predicted molar refractivity (Wildman–Crippen MR) is 288 cm³/mol. The lowest BCUT2D eigenvalue weighted by molar-refractivity contribution is -0.411. The third-order valence-corrected chi connectivity index (χ3v) is 23.3. The van der Waals surface area contributed by atoms with Crippen LogP contribution in [0.1, 0.15) is 120 Å². The van der Waals surface area contributed by atoms with Crippen molar-refractivity contribution in [1.29, 1.82) is 0 Å². The lowest BCUT2D eigenvalue weighted by Gasteiger charge is -2.71. The molecule has 5 aliphatic carbocycles. The smallest absolute Gasteiger partial charge is 0.310 e. The molecule has 26 heteroatoms. The van der Waals surface area contributed by atoms with Gasteiger partial charge in [-0.15, -0.1) is 0 Å². The average Bonchev–Trinajstić information content (AvgIpc) is 0.700. The maximum absolute atomic E-state index is 13.4. The second-order valence-corrected chi connectivity index (χ2v) is 28.4. The summed E-state index contributed by atoms with van der Waals surface area (Å²) in [6.07, 6.45) is -33.7. The van der Waals surface area contributed by atoms with Crippen molar-refractivity contribution < 1.29 is 129 Å². The molecule has 488 valence electrons. The van der Waals surface area contributed by atoms with Crippen LogP contribution in [0.15, 0.2) is 11.6 Å². The number of carbonyl (C=O) groups is 1. The number of aliphatic hydroxyl groups excluding tert-OH is 14. The summed E-state index contributed by atoms with van der Waals surface area (Å²) in [5.41, 5.74) is -1.56. The molecule has 5 aliphatic heterocycles. The van der Waals surface area contributed by atoms with Crippen LogP contribution in [-0.2, 0) is 52.2 Å². The number of allylic oxidation sites excluding steroid dienone is 2. The summed E-state index contributed by atoms with van der Waals surface area (Å²) in [5.74, 6) is -0.892. The summed E-state index contributed by atoms with van der Waals surface area (Å²) < 4.78 is 63.2. The molecule has 9 fully saturated rings. The minimum atomic E-state index is -2.05. The number of rotatable bonds is 14. The zero-order valence-electron chi connectivity index (χ0n) is 49.8. The van der Waals surface area contributed by atoms with Crippen LogP contribution in [0.2, 0.25) is 0 Å². The zero-order chi connectivity index (χ0) is 62.0. The first-order valence-electron chi connectivity index (χ1n) is 30.6. The van der Waals surface area contributed by atoms with E-state index in [9.17, 15) is 81.4 Å². The van der Waals surface area contributed by atoms with Gasteiger partial charge in [-0.05, 0) is 117 Å². The number of aliphatic carboxylic acids is 1. The van der Waals surface area contributed by atoms with Crippen molar-refractivity contribution >= 4 is 5.97 Å². The molecule has 10 aliphatic rings. The summed E-state index contributed by atoms with van der Waals surface area (Å²) in [4.78, 5) is 13.4. The summed E-state index contributed by atoms with van der Waals surface area (Å²) in [6, 6.07) is 0. The second kappa shape index (κ2) is 24.4.